The van der Waals surface area contributed by atoms with Crippen molar-refractivity contribution >= 4 is 39.1 Å². The molecule has 0 aliphatic heterocycles. The lowest BCUT2D eigenvalue weighted by atomic mass is 10.2. The molecule has 0 spiro atoms. The molecule has 0 saturated heterocycles. The number of amides is 1. The third-order valence-corrected chi connectivity index (χ3v) is 3.85. The maximum absolute atomic E-state index is 11.9. The average molecular weight is 344 g/mol. The molecule has 2 aromatic rings. The van der Waals surface area contributed by atoms with Crippen molar-refractivity contribution in [3.63, 3.8) is 0 Å². The molecule has 0 unspecified atom stereocenters. The highest BCUT2D eigenvalue weighted by molar-refractivity contribution is 9.10. The van der Waals surface area contributed by atoms with Crippen molar-refractivity contribution in [3.05, 3.63) is 43.9 Å². The summed E-state index contributed by atoms with van der Waals surface area (Å²) in [5.41, 5.74) is 1.02. The predicted octanol–water partition coefficient (Wildman–Crippen LogP) is 3.04. The van der Waals surface area contributed by atoms with Gasteiger partial charge in [-0.3, -0.25) is 4.79 Å². The van der Waals surface area contributed by atoms with Gasteiger partial charge in [0.25, 0.3) is 5.91 Å². The summed E-state index contributed by atoms with van der Waals surface area (Å²) in [6.07, 6.45) is 0. The number of thiophene rings is 1. The van der Waals surface area contributed by atoms with Crippen LogP contribution in [0.3, 0.4) is 0 Å². The van der Waals surface area contributed by atoms with E-state index in [0.717, 1.165) is 11.3 Å². The number of carboxylic acid groups (broad SMARTS) is 1. The molecule has 0 atom stereocenters. The molecule has 2 N–H and O–H groups in total. The van der Waals surface area contributed by atoms with Gasteiger partial charge in [-0.25, -0.2) is 4.79 Å². The van der Waals surface area contributed by atoms with Crippen molar-refractivity contribution < 1.29 is 19.1 Å². The van der Waals surface area contributed by atoms with Crippen LogP contribution in [0.5, 0.6) is 0 Å². The molecule has 0 fully saturated rings. The van der Waals surface area contributed by atoms with Crippen LogP contribution >= 0.6 is 27.3 Å². The van der Waals surface area contributed by atoms with Gasteiger partial charge in [0.2, 0.25) is 0 Å². The van der Waals surface area contributed by atoms with Crippen LogP contribution in [0.2, 0.25) is 0 Å². The predicted molar refractivity (Wildman–Crippen MR) is 73.6 cm³/mol. The number of hydrogen-bond donors (Lipinski definition) is 2. The molecule has 2 heterocycles. The van der Waals surface area contributed by atoms with Gasteiger partial charge >= 0.3 is 5.97 Å². The summed E-state index contributed by atoms with van der Waals surface area (Å²) < 4.78 is 5.68. The van der Waals surface area contributed by atoms with Crippen molar-refractivity contribution in [3.8, 4) is 0 Å². The first-order valence-electron chi connectivity index (χ1n) is 5.33. The Kier molecular flexibility index (Phi) is 4.06. The number of carbonyl (C=O) groups is 2. The number of aromatic carboxylic acids is 1. The summed E-state index contributed by atoms with van der Waals surface area (Å²) in [7, 11) is 0. The summed E-state index contributed by atoms with van der Waals surface area (Å²) in [5, 5.41) is 13.3. The van der Waals surface area contributed by atoms with Gasteiger partial charge in [0.15, 0.2) is 4.67 Å². The summed E-state index contributed by atoms with van der Waals surface area (Å²) in [4.78, 5) is 23.1. The second-order valence-corrected chi connectivity index (χ2v) is 5.48. The van der Waals surface area contributed by atoms with Crippen LogP contribution in [-0.4, -0.2) is 17.0 Å². The number of aryl methyl sites for hydroxylation is 1. The monoisotopic (exact) mass is 343 g/mol. The Labute approximate surface area is 121 Å². The Morgan fingerprint density at radius 3 is 2.84 bits per heavy atom. The van der Waals surface area contributed by atoms with Gasteiger partial charge < -0.3 is 14.8 Å². The molecule has 0 radical (unpaired) electrons. The number of rotatable bonds is 4. The Morgan fingerprint density at radius 2 is 2.26 bits per heavy atom. The molecule has 0 aromatic carbocycles. The van der Waals surface area contributed by atoms with E-state index in [0.29, 0.717) is 21.6 Å². The minimum Gasteiger partial charge on any atom is -0.477 e. The van der Waals surface area contributed by atoms with Crippen LogP contribution in [0.4, 0.5) is 0 Å². The number of carbonyl (C=O) groups excluding carboxylic acids is 1. The zero-order valence-electron chi connectivity index (χ0n) is 9.90. The second kappa shape index (κ2) is 5.58. The first kappa shape index (κ1) is 13.8. The third kappa shape index (κ3) is 3.05. The molecule has 5 nitrogen and oxygen atoms in total. The first-order chi connectivity index (χ1) is 8.99. The van der Waals surface area contributed by atoms with Crippen molar-refractivity contribution in [1.82, 2.24) is 5.32 Å². The zero-order chi connectivity index (χ0) is 14.0. The van der Waals surface area contributed by atoms with Crippen molar-refractivity contribution in [1.29, 1.82) is 0 Å². The van der Waals surface area contributed by atoms with Gasteiger partial charge in [-0.05, 0) is 39.9 Å². The van der Waals surface area contributed by atoms with E-state index in [4.69, 9.17) is 9.52 Å². The fourth-order valence-corrected chi connectivity index (χ4v) is 2.84. The summed E-state index contributed by atoms with van der Waals surface area (Å²) >= 11 is 4.28. The van der Waals surface area contributed by atoms with Gasteiger partial charge in [0, 0.05) is 12.6 Å². The van der Waals surface area contributed by atoms with Crippen LogP contribution in [-0.2, 0) is 6.54 Å². The van der Waals surface area contributed by atoms with E-state index in [-0.39, 0.29) is 17.3 Å². The summed E-state index contributed by atoms with van der Waals surface area (Å²) in [6, 6.07) is 3.27. The molecule has 19 heavy (non-hydrogen) atoms. The molecular formula is C12H10BrNO4S. The van der Waals surface area contributed by atoms with E-state index in [1.54, 1.807) is 24.4 Å². The van der Waals surface area contributed by atoms with Crippen LogP contribution in [0, 0.1) is 6.92 Å². The van der Waals surface area contributed by atoms with E-state index in [1.807, 2.05) is 0 Å². The molecule has 1 amide bonds. The van der Waals surface area contributed by atoms with Gasteiger partial charge in [0.1, 0.15) is 10.6 Å². The Balaban J connectivity index is 2.06. The number of furan rings is 1. The highest BCUT2D eigenvalue weighted by Gasteiger charge is 2.16. The van der Waals surface area contributed by atoms with Crippen molar-refractivity contribution in [2.45, 2.75) is 13.5 Å². The molecule has 2 rings (SSSR count). The molecule has 100 valence electrons. The van der Waals surface area contributed by atoms with Crippen LogP contribution in [0.15, 0.2) is 26.6 Å². The van der Waals surface area contributed by atoms with Crippen LogP contribution < -0.4 is 5.32 Å². The normalized spacial score (nSPS) is 10.4. The minimum atomic E-state index is -0.985. The number of hydrogen-bond acceptors (Lipinski definition) is 4. The van der Waals surface area contributed by atoms with Crippen molar-refractivity contribution in [2.75, 3.05) is 0 Å². The molecule has 2 aromatic heterocycles. The van der Waals surface area contributed by atoms with Gasteiger partial charge in [-0.1, -0.05) is 0 Å². The van der Waals surface area contributed by atoms with E-state index in [1.165, 1.54) is 0 Å². The molecule has 0 saturated carbocycles. The lowest BCUT2D eigenvalue weighted by Gasteiger charge is -2.03. The minimum absolute atomic E-state index is 0.173. The maximum Gasteiger partial charge on any atom is 0.346 e. The Hall–Kier alpha value is -1.60. The Bertz CT molecular complexity index is 631. The standard InChI is InChI=1S/C12H10BrNO4S/c1-6-8(4-9(13)18-6)11(15)14-5-7-2-3-19-10(7)12(16)17/h2-4H,5H2,1H3,(H,14,15)(H,16,17). The van der Waals surface area contributed by atoms with Gasteiger partial charge in [-0.15, -0.1) is 11.3 Å². The molecule has 7 heteroatoms. The molecular weight excluding hydrogens is 334 g/mol. The van der Waals surface area contributed by atoms with Crippen molar-refractivity contribution in [2.24, 2.45) is 0 Å². The smallest absolute Gasteiger partial charge is 0.346 e. The highest BCUT2D eigenvalue weighted by Crippen LogP contribution is 2.20. The van der Waals surface area contributed by atoms with E-state index in [9.17, 15) is 9.59 Å². The summed E-state index contributed by atoms with van der Waals surface area (Å²) in [5.74, 6) is -0.774. The van der Waals surface area contributed by atoms with Crippen LogP contribution in [0.1, 0.15) is 31.4 Å². The fraction of sp³-hybridized carbons (Fsp3) is 0.167. The largest absolute Gasteiger partial charge is 0.477 e. The van der Waals surface area contributed by atoms with Gasteiger partial charge in [0.05, 0.1) is 5.56 Å². The summed E-state index contributed by atoms with van der Waals surface area (Å²) in [6.45, 7) is 1.86. The van der Waals surface area contributed by atoms with Crippen LogP contribution in [0.25, 0.3) is 0 Å². The number of carboxylic acids is 1. The molecule has 0 bridgehead atoms. The van der Waals surface area contributed by atoms with E-state index < -0.39 is 5.97 Å². The lowest BCUT2D eigenvalue weighted by molar-refractivity contribution is 0.0700. The highest BCUT2D eigenvalue weighted by atomic mass is 79.9. The quantitative estimate of drug-likeness (QED) is 0.894. The SMILES string of the molecule is Cc1oc(Br)cc1C(=O)NCc1ccsc1C(=O)O. The Morgan fingerprint density at radius 1 is 1.53 bits per heavy atom. The van der Waals surface area contributed by atoms with Gasteiger partial charge in [-0.2, -0.15) is 0 Å². The second-order valence-electron chi connectivity index (χ2n) is 3.78. The molecule has 0 aliphatic carbocycles. The first-order valence-corrected chi connectivity index (χ1v) is 7.00. The molecule has 0 aliphatic rings. The zero-order valence-corrected chi connectivity index (χ0v) is 12.3. The number of nitrogens with one attached hydrogen (secondary N) is 1. The lowest BCUT2D eigenvalue weighted by Crippen LogP contribution is -2.23. The third-order valence-electron chi connectivity index (χ3n) is 2.51. The topological polar surface area (TPSA) is 79.5 Å². The van der Waals surface area contributed by atoms with E-state index >= 15 is 0 Å². The number of halogens is 1. The van der Waals surface area contributed by atoms with E-state index in [2.05, 4.69) is 21.2 Å². The fourth-order valence-electron chi connectivity index (χ4n) is 1.60. The average Bonchev–Trinajstić information content (AvgIpc) is 2.92. The maximum atomic E-state index is 11.9.